The normalized spacial score (nSPS) is 23.1. The summed E-state index contributed by atoms with van der Waals surface area (Å²) in [5.41, 5.74) is 3.18. The van der Waals surface area contributed by atoms with Crippen molar-refractivity contribution in [2.45, 2.75) is 39.7 Å². The van der Waals surface area contributed by atoms with Gasteiger partial charge in [-0.15, -0.1) is 0 Å². The van der Waals surface area contributed by atoms with Crippen LogP contribution in [0.15, 0.2) is 0 Å². The molecule has 0 bridgehead atoms. The van der Waals surface area contributed by atoms with Gasteiger partial charge in [-0.25, -0.2) is 0 Å². The molecule has 0 aliphatic carbocycles. The standard InChI is InChI=1S/C13H18O3/c1-7-8(2)12-10(9(3)11(7)15)5-13(4,6-14)16-12/h14-15H,5-6H2,1-4H3. The summed E-state index contributed by atoms with van der Waals surface area (Å²) < 4.78 is 5.83. The van der Waals surface area contributed by atoms with E-state index in [0.717, 1.165) is 28.0 Å². The lowest BCUT2D eigenvalue weighted by atomic mass is 9.93. The zero-order valence-electron chi connectivity index (χ0n) is 10.2. The van der Waals surface area contributed by atoms with Crippen molar-refractivity contribution >= 4 is 0 Å². The second kappa shape index (κ2) is 3.39. The molecule has 0 fully saturated rings. The second-order valence-electron chi connectivity index (χ2n) is 4.92. The number of phenolic OH excluding ortho intramolecular Hbond substituents is 1. The molecule has 88 valence electrons. The molecular weight excluding hydrogens is 204 g/mol. The molecule has 1 atom stereocenters. The maximum atomic E-state index is 9.98. The first kappa shape index (κ1) is 11.3. The molecule has 1 heterocycles. The van der Waals surface area contributed by atoms with Crippen LogP contribution in [0, 0.1) is 20.8 Å². The second-order valence-corrected chi connectivity index (χ2v) is 4.92. The van der Waals surface area contributed by atoms with Gasteiger partial charge in [0.15, 0.2) is 0 Å². The van der Waals surface area contributed by atoms with Crippen LogP contribution in [0.2, 0.25) is 0 Å². The minimum atomic E-state index is -0.544. The average Bonchev–Trinajstić information content (AvgIpc) is 2.63. The van der Waals surface area contributed by atoms with E-state index >= 15 is 0 Å². The number of fused-ring (bicyclic) bond motifs is 1. The number of ether oxygens (including phenoxy) is 1. The minimum Gasteiger partial charge on any atom is -0.507 e. The van der Waals surface area contributed by atoms with E-state index in [1.165, 1.54) is 0 Å². The van der Waals surface area contributed by atoms with Crippen LogP contribution in [-0.2, 0) is 6.42 Å². The predicted molar refractivity (Wildman–Crippen MR) is 62.1 cm³/mol. The number of hydrogen-bond acceptors (Lipinski definition) is 3. The Labute approximate surface area is 95.7 Å². The number of aliphatic hydroxyl groups is 1. The maximum absolute atomic E-state index is 9.98. The molecular formula is C13H18O3. The summed E-state index contributed by atoms with van der Waals surface area (Å²) in [6, 6.07) is 0. The molecule has 3 heteroatoms. The van der Waals surface area contributed by atoms with Crippen molar-refractivity contribution in [1.82, 2.24) is 0 Å². The predicted octanol–water partition coefficient (Wildman–Crippen LogP) is 2.00. The zero-order valence-corrected chi connectivity index (χ0v) is 10.2. The van der Waals surface area contributed by atoms with Gasteiger partial charge in [0.2, 0.25) is 0 Å². The lowest BCUT2D eigenvalue weighted by molar-refractivity contribution is 0.0441. The van der Waals surface area contributed by atoms with Crippen molar-refractivity contribution in [3.63, 3.8) is 0 Å². The van der Waals surface area contributed by atoms with Crippen LogP contribution in [0.3, 0.4) is 0 Å². The Morgan fingerprint density at radius 1 is 1.19 bits per heavy atom. The van der Waals surface area contributed by atoms with E-state index < -0.39 is 5.60 Å². The van der Waals surface area contributed by atoms with E-state index in [1.807, 2.05) is 27.7 Å². The third-order valence-electron chi connectivity index (χ3n) is 3.57. The van der Waals surface area contributed by atoms with Crippen LogP contribution in [0.5, 0.6) is 11.5 Å². The van der Waals surface area contributed by atoms with Crippen molar-refractivity contribution in [3.8, 4) is 11.5 Å². The van der Waals surface area contributed by atoms with E-state index in [-0.39, 0.29) is 6.61 Å². The van der Waals surface area contributed by atoms with Crippen LogP contribution in [0.25, 0.3) is 0 Å². The molecule has 0 saturated heterocycles. The summed E-state index contributed by atoms with van der Waals surface area (Å²) in [7, 11) is 0. The third kappa shape index (κ3) is 1.39. The molecule has 2 N–H and O–H groups in total. The van der Waals surface area contributed by atoms with Crippen molar-refractivity contribution in [1.29, 1.82) is 0 Å². The number of hydrogen-bond donors (Lipinski definition) is 2. The highest BCUT2D eigenvalue weighted by molar-refractivity contribution is 5.59. The summed E-state index contributed by atoms with van der Waals surface area (Å²) in [6.07, 6.45) is 0.652. The highest BCUT2D eigenvalue weighted by atomic mass is 16.5. The summed E-state index contributed by atoms with van der Waals surface area (Å²) in [6.45, 7) is 7.60. The van der Waals surface area contributed by atoms with Gasteiger partial charge in [0.25, 0.3) is 0 Å². The Bertz CT molecular complexity index is 412. The first-order valence-corrected chi connectivity index (χ1v) is 5.51. The van der Waals surface area contributed by atoms with Crippen LogP contribution in [0.1, 0.15) is 29.2 Å². The Kier molecular flexibility index (Phi) is 2.39. The monoisotopic (exact) mass is 222 g/mol. The lowest BCUT2D eigenvalue weighted by Gasteiger charge is -2.21. The Hall–Kier alpha value is -1.22. The highest BCUT2D eigenvalue weighted by Crippen LogP contribution is 2.44. The largest absolute Gasteiger partial charge is 0.507 e. The van der Waals surface area contributed by atoms with Crippen molar-refractivity contribution in [2.24, 2.45) is 0 Å². The SMILES string of the molecule is Cc1c(C)c2c(c(C)c1O)CC(C)(CO)O2. The van der Waals surface area contributed by atoms with Crippen LogP contribution in [-0.4, -0.2) is 22.4 Å². The molecule has 1 unspecified atom stereocenters. The minimum absolute atomic E-state index is 0.0135. The molecule has 0 saturated carbocycles. The van der Waals surface area contributed by atoms with Crippen molar-refractivity contribution < 1.29 is 14.9 Å². The number of rotatable bonds is 1. The fourth-order valence-electron chi connectivity index (χ4n) is 2.26. The summed E-state index contributed by atoms with van der Waals surface area (Å²) in [5.74, 6) is 1.19. The van der Waals surface area contributed by atoms with E-state index in [2.05, 4.69) is 0 Å². The first-order valence-electron chi connectivity index (χ1n) is 5.51. The molecule has 0 radical (unpaired) electrons. The summed E-state index contributed by atoms with van der Waals surface area (Å²) in [5, 5.41) is 19.3. The maximum Gasteiger partial charge on any atom is 0.133 e. The Morgan fingerprint density at radius 3 is 2.38 bits per heavy atom. The van der Waals surface area contributed by atoms with E-state index in [1.54, 1.807) is 0 Å². The van der Waals surface area contributed by atoms with E-state index in [9.17, 15) is 10.2 Å². The number of phenols is 1. The van der Waals surface area contributed by atoms with Gasteiger partial charge in [0.05, 0.1) is 6.61 Å². The highest BCUT2D eigenvalue weighted by Gasteiger charge is 2.37. The van der Waals surface area contributed by atoms with Gasteiger partial charge in [-0.2, -0.15) is 0 Å². The summed E-state index contributed by atoms with van der Waals surface area (Å²) >= 11 is 0. The van der Waals surface area contributed by atoms with Gasteiger partial charge in [-0.3, -0.25) is 0 Å². The van der Waals surface area contributed by atoms with Gasteiger partial charge in [-0.05, 0) is 44.4 Å². The third-order valence-corrected chi connectivity index (χ3v) is 3.57. The van der Waals surface area contributed by atoms with Gasteiger partial charge < -0.3 is 14.9 Å². The molecule has 1 aliphatic rings. The Morgan fingerprint density at radius 2 is 1.81 bits per heavy atom. The van der Waals surface area contributed by atoms with Crippen LogP contribution < -0.4 is 4.74 Å². The van der Waals surface area contributed by atoms with E-state index in [0.29, 0.717) is 12.2 Å². The smallest absolute Gasteiger partial charge is 0.133 e. The number of benzene rings is 1. The number of aliphatic hydroxyl groups excluding tert-OH is 1. The quantitative estimate of drug-likeness (QED) is 0.764. The fourth-order valence-corrected chi connectivity index (χ4v) is 2.26. The van der Waals surface area contributed by atoms with Crippen LogP contribution in [0.4, 0.5) is 0 Å². The molecule has 0 spiro atoms. The topological polar surface area (TPSA) is 49.7 Å². The van der Waals surface area contributed by atoms with Gasteiger partial charge >= 0.3 is 0 Å². The molecule has 2 rings (SSSR count). The number of aromatic hydroxyl groups is 1. The summed E-state index contributed by atoms with van der Waals surface area (Å²) in [4.78, 5) is 0. The Balaban J connectivity index is 2.62. The molecule has 1 aromatic rings. The average molecular weight is 222 g/mol. The molecule has 16 heavy (non-hydrogen) atoms. The lowest BCUT2D eigenvalue weighted by Crippen LogP contribution is -2.34. The molecule has 3 nitrogen and oxygen atoms in total. The van der Waals surface area contributed by atoms with Crippen molar-refractivity contribution in [2.75, 3.05) is 6.61 Å². The van der Waals surface area contributed by atoms with Gasteiger partial charge in [-0.1, -0.05) is 0 Å². The molecule has 1 aromatic carbocycles. The van der Waals surface area contributed by atoms with Gasteiger partial charge in [0, 0.05) is 12.0 Å². The van der Waals surface area contributed by atoms with Crippen LogP contribution >= 0.6 is 0 Å². The first-order chi connectivity index (χ1) is 7.39. The fraction of sp³-hybridized carbons (Fsp3) is 0.538. The van der Waals surface area contributed by atoms with Crippen molar-refractivity contribution in [3.05, 3.63) is 22.3 Å². The van der Waals surface area contributed by atoms with E-state index in [4.69, 9.17) is 4.74 Å². The van der Waals surface area contributed by atoms with Gasteiger partial charge in [0.1, 0.15) is 17.1 Å². The molecule has 0 aromatic heterocycles. The zero-order chi connectivity index (χ0) is 12.1. The molecule has 1 aliphatic heterocycles. The molecule has 0 amide bonds.